The molecule has 0 heterocycles. The monoisotopic (exact) mass is 192 g/mol. The molecule has 0 saturated heterocycles. The molecule has 0 spiro atoms. The Morgan fingerprint density at radius 3 is 2.57 bits per heavy atom. The first-order valence-corrected chi connectivity index (χ1v) is 4.23. The fourth-order valence-electron chi connectivity index (χ4n) is 1.09. The Morgan fingerprint density at radius 2 is 2.00 bits per heavy atom. The van der Waals surface area contributed by atoms with E-state index in [2.05, 4.69) is 10.6 Å². The van der Waals surface area contributed by atoms with Gasteiger partial charge in [0.2, 0.25) is 5.91 Å². The molecule has 4 nitrogen and oxygen atoms in total. The van der Waals surface area contributed by atoms with Gasteiger partial charge in [0.05, 0.1) is 0 Å². The van der Waals surface area contributed by atoms with E-state index >= 15 is 0 Å². The van der Waals surface area contributed by atoms with Crippen LogP contribution in [0.3, 0.4) is 0 Å². The first-order valence-electron chi connectivity index (χ1n) is 4.23. The Morgan fingerprint density at radius 1 is 1.29 bits per heavy atom. The highest BCUT2D eigenvalue weighted by molar-refractivity contribution is 5.96. The molecule has 0 aliphatic carbocycles. The molecule has 0 aromatic heterocycles. The van der Waals surface area contributed by atoms with Crippen LogP contribution in [0.1, 0.15) is 17.3 Å². The third-order valence-corrected chi connectivity index (χ3v) is 1.67. The van der Waals surface area contributed by atoms with E-state index in [-0.39, 0.29) is 11.8 Å². The number of hydrogen-bond donors (Lipinski definition) is 2. The lowest BCUT2D eigenvalue weighted by atomic mass is 10.2. The maximum Gasteiger partial charge on any atom is 0.251 e. The van der Waals surface area contributed by atoms with Gasteiger partial charge in [-0.2, -0.15) is 0 Å². The summed E-state index contributed by atoms with van der Waals surface area (Å²) in [4.78, 5) is 22.0. The second-order valence-electron chi connectivity index (χ2n) is 2.84. The second kappa shape index (κ2) is 4.41. The Bertz CT molecular complexity index is 361. The Balaban J connectivity index is 2.89. The van der Waals surface area contributed by atoms with Gasteiger partial charge in [-0.1, -0.05) is 6.07 Å². The molecule has 0 unspecified atom stereocenters. The van der Waals surface area contributed by atoms with Crippen molar-refractivity contribution in [2.75, 3.05) is 12.4 Å². The van der Waals surface area contributed by atoms with Crippen LogP contribution in [0.2, 0.25) is 0 Å². The molecule has 74 valence electrons. The van der Waals surface area contributed by atoms with Crippen molar-refractivity contribution in [2.24, 2.45) is 0 Å². The minimum Gasteiger partial charge on any atom is -0.355 e. The van der Waals surface area contributed by atoms with E-state index in [4.69, 9.17) is 0 Å². The van der Waals surface area contributed by atoms with Crippen molar-refractivity contribution in [1.29, 1.82) is 0 Å². The van der Waals surface area contributed by atoms with Gasteiger partial charge in [-0.25, -0.2) is 0 Å². The van der Waals surface area contributed by atoms with E-state index in [0.717, 1.165) is 0 Å². The smallest absolute Gasteiger partial charge is 0.251 e. The number of anilines is 1. The van der Waals surface area contributed by atoms with E-state index in [1.807, 2.05) is 0 Å². The van der Waals surface area contributed by atoms with Crippen LogP contribution in [-0.2, 0) is 4.79 Å². The van der Waals surface area contributed by atoms with Gasteiger partial charge in [0.1, 0.15) is 0 Å². The number of carbonyl (C=O) groups is 2. The summed E-state index contributed by atoms with van der Waals surface area (Å²) in [5.74, 6) is -0.323. The molecule has 1 aromatic rings. The van der Waals surface area contributed by atoms with Gasteiger partial charge >= 0.3 is 0 Å². The molecule has 0 saturated carbocycles. The summed E-state index contributed by atoms with van der Waals surface area (Å²) < 4.78 is 0. The number of hydrogen-bond acceptors (Lipinski definition) is 2. The third-order valence-electron chi connectivity index (χ3n) is 1.67. The predicted molar refractivity (Wildman–Crippen MR) is 54.1 cm³/mol. The van der Waals surface area contributed by atoms with Crippen LogP contribution in [0.15, 0.2) is 24.3 Å². The van der Waals surface area contributed by atoms with Gasteiger partial charge < -0.3 is 10.6 Å². The van der Waals surface area contributed by atoms with E-state index in [1.165, 1.54) is 6.92 Å². The molecule has 1 aromatic carbocycles. The fourth-order valence-corrected chi connectivity index (χ4v) is 1.09. The molecule has 0 fully saturated rings. The van der Waals surface area contributed by atoms with E-state index in [9.17, 15) is 9.59 Å². The average Bonchev–Trinajstić information content (AvgIpc) is 2.16. The van der Waals surface area contributed by atoms with Crippen LogP contribution < -0.4 is 10.6 Å². The molecule has 1 rings (SSSR count). The number of amides is 2. The zero-order chi connectivity index (χ0) is 10.6. The molecule has 0 aliphatic rings. The number of benzene rings is 1. The zero-order valence-corrected chi connectivity index (χ0v) is 8.13. The molecule has 2 N–H and O–H groups in total. The predicted octanol–water partition coefficient (Wildman–Crippen LogP) is 1.00. The van der Waals surface area contributed by atoms with Crippen LogP contribution in [0.5, 0.6) is 0 Å². The average molecular weight is 192 g/mol. The molecule has 0 bridgehead atoms. The van der Waals surface area contributed by atoms with Gasteiger partial charge in [0.25, 0.3) is 5.91 Å². The Kier molecular flexibility index (Phi) is 3.23. The van der Waals surface area contributed by atoms with Gasteiger partial charge in [0.15, 0.2) is 0 Å². The van der Waals surface area contributed by atoms with Gasteiger partial charge in [-0.3, -0.25) is 9.59 Å². The van der Waals surface area contributed by atoms with E-state index in [0.29, 0.717) is 11.3 Å². The second-order valence-corrected chi connectivity index (χ2v) is 2.84. The van der Waals surface area contributed by atoms with Crippen LogP contribution in [-0.4, -0.2) is 18.9 Å². The van der Waals surface area contributed by atoms with Crippen molar-refractivity contribution in [3.63, 3.8) is 0 Å². The van der Waals surface area contributed by atoms with Crippen molar-refractivity contribution < 1.29 is 9.59 Å². The first-order chi connectivity index (χ1) is 6.63. The topological polar surface area (TPSA) is 58.2 Å². The Labute approximate surface area is 82.3 Å². The SMILES string of the molecule is CNC(=O)c1cccc(NC(C)=O)c1. The van der Waals surface area contributed by atoms with Gasteiger partial charge in [-0.05, 0) is 18.2 Å². The largest absolute Gasteiger partial charge is 0.355 e. The molecule has 0 aliphatic heterocycles. The summed E-state index contributed by atoms with van der Waals surface area (Å²) in [6.07, 6.45) is 0. The quantitative estimate of drug-likeness (QED) is 0.734. The highest BCUT2D eigenvalue weighted by atomic mass is 16.2. The summed E-state index contributed by atoms with van der Waals surface area (Å²) in [5.41, 5.74) is 1.15. The minimum atomic E-state index is -0.169. The lowest BCUT2D eigenvalue weighted by Crippen LogP contribution is -2.18. The minimum absolute atomic E-state index is 0.154. The van der Waals surface area contributed by atoms with Crippen LogP contribution in [0, 0.1) is 0 Å². The van der Waals surface area contributed by atoms with E-state index < -0.39 is 0 Å². The lowest BCUT2D eigenvalue weighted by molar-refractivity contribution is -0.114. The fraction of sp³-hybridized carbons (Fsp3) is 0.200. The van der Waals surface area contributed by atoms with Crippen molar-refractivity contribution in [3.05, 3.63) is 29.8 Å². The van der Waals surface area contributed by atoms with Crippen molar-refractivity contribution in [3.8, 4) is 0 Å². The summed E-state index contributed by atoms with van der Waals surface area (Å²) in [5, 5.41) is 5.12. The van der Waals surface area contributed by atoms with Crippen molar-refractivity contribution >= 4 is 17.5 Å². The van der Waals surface area contributed by atoms with Gasteiger partial charge in [0, 0.05) is 25.2 Å². The summed E-state index contributed by atoms with van der Waals surface area (Å²) in [7, 11) is 1.56. The molecular weight excluding hydrogens is 180 g/mol. The van der Waals surface area contributed by atoms with Crippen molar-refractivity contribution in [2.45, 2.75) is 6.92 Å². The van der Waals surface area contributed by atoms with Crippen LogP contribution in [0.25, 0.3) is 0 Å². The normalized spacial score (nSPS) is 9.29. The number of rotatable bonds is 2. The molecule has 0 atom stereocenters. The van der Waals surface area contributed by atoms with Crippen LogP contribution in [0.4, 0.5) is 5.69 Å². The Hall–Kier alpha value is -1.84. The molecule has 0 radical (unpaired) electrons. The molecular formula is C10H12N2O2. The summed E-state index contributed by atoms with van der Waals surface area (Å²) >= 11 is 0. The third kappa shape index (κ3) is 2.58. The highest BCUT2D eigenvalue weighted by Crippen LogP contribution is 2.10. The summed E-state index contributed by atoms with van der Waals surface area (Å²) in [6.45, 7) is 1.42. The zero-order valence-electron chi connectivity index (χ0n) is 8.13. The standard InChI is InChI=1S/C10H12N2O2/c1-7(13)12-9-5-3-4-8(6-9)10(14)11-2/h3-6H,1-2H3,(H,11,14)(H,12,13). The van der Waals surface area contributed by atoms with E-state index in [1.54, 1.807) is 31.3 Å². The molecule has 14 heavy (non-hydrogen) atoms. The molecule has 2 amide bonds. The number of nitrogens with one attached hydrogen (secondary N) is 2. The molecule has 4 heteroatoms. The van der Waals surface area contributed by atoms with Gasteiger partial charge in [-0.15, -0.1) is 0 Å². The summed E-state index contributed by atoms with van der Waals surface area (Å²) in [6, 6.07) is 6.76. The first kappa shape index (κ1) is 10.2. The van der Waals surface area contributed by atoms with Crippen LogP contribution >= 0.6 is 0 Å². The van der Waals surface area contributed by atoms with Crippen molar-refractivity contribution in [1.82, 2.24) is 5.32 Å². The number of carbonyl (C=O) groups excluding carboxylic acids is 2. The lowest BCUT2D eigenvalue weighted by Gasteiger charge is -2.04. The maximum absolute atomic E-state index is 11.2. The maximum atomic E-state index is 11.2. The highest BCUT2D eigenvalue weighted by Gasteiger charge is 2.03.